The maximum atomic E-state index is 12.2. The largest absolute Gasteiger partial charge is 0.618 e. The Bertz CT molecular complexity index is 829. The van der Waals surface area contributed by atoms with Crippen molar-refractivity contribution in [2.24, 2.45) is 4.99 Å². The first-order valence-electron chi connectivity index (χ1n) is 6.29. The molecule has 6 nitrogen and oxygen atoms in total. The topological polar surface area (TPSA) is 92.3 Å². The van der Waals surface area contributed by atoms with Gasteiger partial charge in [0.2, 0.25) is 0 Å². The van der Waals surface area contributed by atoms with Crippen molar-refractivity contribution in [3.05, 3.63) is 70.8 Å². The molecule has 104 valence electrons. The predicted molar refractivity (Wildman–Crippen MR) is 80.0 cm³/mol. The van der Waals surface area contributed by atoms with Crippen LogP contribution in [0.2, 0.25) is 0 Å². The highest BCUT2D eigenvalue weighted by Gasteiger charge is 2.16. The van der Waals surface area contributed by atoms with Gasteiger partial charge in [0.05, 0.1) is 5.69 Å². The molecule has 2 aromatic carbocycles. The van der Waals surface area contributed by atoms with Gasteiger partial charge in [-0.3, -0.25) is 0 Å². The molecule has 0 aliphatic heterocycles. The molecular weight excluding hydrogens is 268 g/mol. The fourth-order valence-electron chi connectivity index (χ4n) is 1.99. The van der Waals surface area contributed by atoms with Gasteiger partial charge in [-0.1, -0.05) is 12.1 Å². The van der Waals surface area contributed by atoms with Gasteiger partial charge in [0.15, 0.2) is 0 Å². The number of benzene rings is 2. The van der Waals surface area contributed by atoms with Crippen molar-refractivity contribution >= 4 is 28.6 Å². The average molecular weight is 280 g/mol. The number of nitrogens with two attached hydrogens (primary N) is 1. The highest BCUT2D eigenvalue weighted by Crippen LogP contribution is 2.13. The Balaban J connectivity index is 2.04. The highest BCUT2D eigenvalue weighted by atomic mass is 16.5. The van der Waals surface area contributed by atoms with Gasteiger partial charge in [0.25, 0.3) is 17.2 Å². The standard InChI is InChI=1S/C15H12N4O2/c16-11-5-7-12(8-6-11)17-9-13-10-18(20)14-3-1-2-4-15(14)19(13)21/h1-10H,16H2. The van der Waals surface area contributed by atoms with Crippen LogP contribution in [0.3, 0.4) is 0 Å². The van der Waals surface area contributed by atoms with Crippen LogP contribution in [-0.2, 0) is 0 Å². The second-order valence-corrected chi connectivity index (χ2v) is 4.51. The van der Waals surface area contributed by atoms with Crippen molar-refractivity contribution in [2.75, 3.05) is 5.73 Å². The van der Waals surface area contributed by atoms with E-state index in [-0.39, 0.29) is 5.69 Å². The number of aromatic nitrogens is 2. The van der Waals surface area contributed by atoms with Crippen LogP contribution in [0.25, 0.3) is 11.0 Å². The summed E-state index contributed by atoms with van der Waals surface area (Å²) in [6.07, 6.45) is 2.56. The van der Waals surface area contributed by atoms with Crippen LogP contribution in [-0.4, -0.2) is 6.21 Å². The molecule has 1 heterocycles. The van der Waals surface area contributed by atoms with Crippen LogP contribution in [0.15, 0.2) is 59.7 Å². The predicted octanol–water partition coefficient (Wildman–Crippen LogP) is 1.44. The van der Waals surface area contributed by atoms with E-state index in [1.54, 1.807) is 48.5 Å². The van der Waals surface area contributed by atoms with Gasteiger partial charge in [-0.2, -0.15) is 9.46 Å². The minimum Gasteiger partial charge on any atom is -0.618 e. The van der Waals surface area contributed by atoms with Crippen LogP contribution >= 0.6 is 0 Å². The minimum absolute atomic E-state index is 0.167. The van der Waals surface area contributed by atoms with Crippen molar-refractivity contribution in [1.29, 1.82) is 0 Å². The molecule has 6 heteroatoms. The molecule has 0 saturated heterocycles. The summed E-state index contributed by atoms with van der Waals surface area (Å²) < 4.78 is 1.35. The molecule has 0 amide bonds. The van der Waals surface area contributed by atoms with E-state index in [0.29, 0.717) is 31.9 Å². The lowest BCUT2D eigenvalue weighted by atomic mass is 10.3. The second kappa shape index (κ2) is 5.09. The minimum atomic E-state index is 0.167. The van der Waals surface area contributed by atoms with E-state index in [1.165, 1.54) is 12.4 Å². The summed E-state index contributed by atoms with van der Waals surface area (Å²) in [7, 11) is 0. The molecule has 1 aromatic heterocycles. The summed E-state index contributed by atoms with van der Waals surface area (Å²) in [4.78, 5) is 4.17. The van der Waals surface area contributed by atoms with Crippen LogP contribution in [0.4, 0.5) is 11.4 Å². The molecule has 2 N–H and O–H groups in total. The van der Waals surface area contributed by atoms with E-state index in [2.05, 4.69) is 4.99 Å². The zero-order valence-electron chi connectivity index (χ0n) is 11.0. The van der Waals surface area contributed by atoms with Crippen molar-refractivity contribution < 1.29 is 9.46 Å². The van der Waals surface area contributed by atoms with Gasteiger partial charge >= 0.3 is 5.69 Å². The first-order chi connectivity index (χ1) is 10.1. The van der Waals surface area contributed by atoms with E-state index in [4.69, 9.17) is 5.73 Å². The zero-order chi connectivity index (χ0) is 14.8. The van der Waals surface area contributed by atoms with Crippen molar-refractivity contribution in [2.45, 2.75) is 0 Å². The zero-order valence-corrected chi connectivity index (χ0v) is 11.0. The summed E-state index contributed by atoms with van der Waals surface area (Å²) in [6.45, 7) is 0. The van der Waals surface area contributed by atoms with Crippen LogP contribution in [0.5, 0.6) is 0 Å². The summed E-state index contributed by atoms with van der Waals surface area (Å²) in [5, 5.41) is 24.1. The third-order valence-corrected chi connectivity index (χ3v) is 3.06. The molecular formula is C15H12N4O2. The molecule has 0 bridgehead atoms. The molecule has 0 saturated carbocycles. The number of anilines is 1. The summed E-state index contributed by atoms with van der Waals surface area (Å²) in [5.41, 5.74) is 7.66. The Kier molecular flexibility index (Phi) is 3.12. The Morgan fingerprint density at radius 3 is 2.33 bits per heavy atom. The summed E-state index contributed by atoms with van der Waals surface area (Å²) >= 11 is 0. The Morgan fingerprint density at radius 2 is 1.62 bits per heavy atom. The number of nitrogens with zero attached hydrogens (tertiary/aromatic N) is 3. The monoisotopic (exact) mass is 280 g/mol. The number of para-hydroxylation sites is 2. The third-order valence-electron chi connectivity index (χ3n) is 3.06. The molecule has 21 heavy (non-hydrogen) atoms. The quantitative estimate of drug-likeness (QED) is 0.333. The number of fused-ring (bicyclic) bond motifs is 1. The lowest BCUT2D eigenvalue weighted by molar-refractivity contribution is -0.629. The number of rotatable bonds is 2. The highest BCUT2D eigenvalue weighted by molar-refractivity contribution is 5.79. The first kappa shape index (κ1) is 12.9. The molecule has 0 aliphatic rings. The Morgan fingerprint density at radius 1 is 0.952 bits per heavy atom. The second-order valence-electron chi connectivity index (χ2n) is 4.51. The molecule has 0 aliphatic carbocycles. The molecule has 3 aromatic rings. The van der Waals surface area contributed by atoms with E-state index in [1.807, 2.05) is 0 Å². The van der Waals surface area contributed by atoms with Crippen molar-refractivity contribution in [3.8, 4) is 0 Å². The fourth-order valence-corrected chi connectivity index (χ4v) is 1.99. The number of nitrogen functional groups attached to an aromatic ring is 1. The van der Waals surface area contributed by atoms with Gasteiger partial charge in [0, 0.05) is 17.8 Å². The smallest absolute Gasteiger partial charge is 0.301 e. The molecule has 0 atom stereocenters. The van der Waals surface area contributed by atoms with Crippen molar-refractivity contribution in [3.63, 3.8) is 0 Å². The molecule has 0 fully saturated rings. The van der Waals surface area contributed by atoms with Crippen LogP contribution < -0.4 is 15.2 Å². The Labute approximate surface area is 120 Å². The number of hydrogen-bond acceptors (Lipinski definition) is 4. The normalized spacial score (nSPS) is 11.2. The third kappa shape index (κ3) is 2.46. The fraction of sp³-hybridized carbons (Fsp3) is 0. The molecule has 0 spiro atoms. The lowest BCUT2D eigenvalue weighted by Crippen LogP contribution is -2.41. The maximum Gasteiger partial charge on any atom is 0.301 e. The lowest BCUT2D eigenvalue weighted by Gasteiger charge is -2.05. The van der Waals surface area contributed by atoms with Gasteiger partial charge < -0.3 is 16.1 Å². The van der Waals surface area contributed by atoms with E-state index >= 15 is 0 Å². The van der Waals surface area contributed by atoms with E-state index in [9.17, 15) is 10.4 Å². The van der Waals surface area contributed by atoms with Crippen molar-refractivity contribution in [1.82, 2.24) is 0 Å². The van der Waals surface area contributed by atoms with E-state index < -0.39 is 0 Å². The number of aliphatic imine (C=N–C) groups is 1. The molecule has 3 rings (SSSR count). The van der Waals surface area contributed by atoms with E-state index in [0.717, 1.165) is 0 Å². The molecule has 0 radical (unpaired) electrons. The maximum absolute atomic E-state index is 12.2. The van der Waals surface area contributed by atoms with Crippen LogP contribution in [0.1, 0.15) is 5.69 Å². The average Bonchev–Trinajstić information content (AvgIpc) is 2.51. The van der Waals surface area contributed by atoms with Gasteiger partial charge in [-0.15, -0.1) is 0 Å². The van der Waals surface area contributed by atoms with Gasteiger partial charge in [0.1, 0.15) is 6.21 Å². The Hall–Kier alpha value is -3.15. The summed E-state index contributed by atoms with van der Waals surface area (Å²) in [5.74, 6) is 0. The number of hydrogen-bond donors (Lipinski definition) is 1. The molecule has 0 unspecified atom stereocenters. The van der Waals surface area contributed by atoms with Gasteiger partial charge in [-0.05, 0) is 24.3 Å². The van der Waals surface area contributed by atoms with Crippen LogP contribution in [0, 0.1) is 10.4 Å². The summed E-state index contributed by atoms with van der Waals surface area (Å²) in [6, 6.07) is 13.5. The first-order valence-corrected chi connectivity index (χ1v) is 6.29. The van der Waals surface area contributed by atoms with Gasteiger partial charge in [-0.25, -0.2) is 4.99 Å². The SMILES string of the molecule is Nc1ccc(N=Cc2c[n+]([O-])c3ccccc3[n+]2[O-])cc1.